The van der Waals surface area contributed by atoms with Gasteiger partial charge in [-0.05, 0) is 76.5 Å². The van der Waals surface area contributed by atoms with Gasteiger partial charge in [0.2, 0.25) is 5.95 Å². The van der Waals surface area contributed by atoms with Gasteiger partial charge in [0, 0.05) is 11.1 Å². The Labute approximate surface area is 219 Å². The van der Waals surface area contributed by atoms with Crippen LogP contribution in [0, 0.1) is 5.82 Å². The Morgan fingerprint density at radius 3 is 2.68 bits per heavy atom. The van der Waals surface area contributed by atoms with Crippen LogP contribution in [0.3, 0.4) is 0 Å². The molecule has 0 bridgehead atoms. The van der Waals surface area contributed by atoms with Gasteiger partial charge in [0.1, 0.15) is 16.4 Å². The van der Waals surface area contributed by atoms with Gasteiger partial charge in [-0.1, -0.05) is 24.3 Å². The highest BCUT2D eigenvalue weighted by atomic mass is 32.1. The third-order valence-corrected chi connectivity index (χ3v) is 7.73. The molecule has 0 spiro atoms. The van der Waals surface area contributed by atoms with Gasteiger partial charge >= 0.3 is 0 Å². The Morgan fingerprint density at radius 2 is 1.97 bits per heavy atom. The van der Waals surface area contributed by atoms with Gasteiger partial charge in [-0.3, -0.25) is 4.79 Å². The molecule has 0 unspecified atom stereocenters. The molecule has 7 nitrogen and oxygen atoms in total. The van der Waals surface area contributed by atoms with Gasteiger partial charge in [0.15, 0.2) is 0 Å². The predicted octanol–water partition coefficient (Wildman–Crippen LogP) is 5.94. The summed E-state index contributed by atoms with van der Waals surface area (Å²) in [4.78, 5) is 23.9. The first-order valence-corrected chi connectivity index (χ1v) is 13.2. The third-order valence-electron chi connectivity index (χ3n) is 6.60. The van der Waals surface area contributed by atoms with Gasteiger partial charge in [-0.2, -0.15) is 0 Å². The molecule has 1 fully saturated rings. The number of benzene rings is 2. The van der Waals surface area contributed by atoms with Gasteiger partial charge < -0.3 is 20.7 Å². The number of likely N-dealkylation sites (tertiary alicyclic amines) is 1. The molecule has 3 heterocycles. The fourth-order valence-electron chi connectivity index (χ4n) is 4.75. The zero-order chi connectivity index (χ0) is 26.1. The summed E-state index contributed by atoms with van der Waals surface area (Å²) in [5.41, 5.74) is 8.77. The maximum atomic E-state index is 14.7. The van der Waals surface area contributed by atoms with Crippen molar-refractivity contribution in [2.45, 2.75) is 38.7 Å². The lowest BCUT2D eigenvalue weighted by Gasteiger charge is -2.29. The normalized spacial score (nSPS) is 14.8. The summed E-state index contributed by atoms with van der Waals surface area (Å²) in [6.45, 7) is 6.15. The van der Waals surface area contributed by atoms with Crippen LogP contribution in [0.15, 0.2) is 48.7 Å². The van der Waals surface area contributed by atoms with Crippen molar-refractivity contribution in [2.24, 2.45) is 5.73 Å². The summed E-state index contributed by atoms with van der Waals surface area (Å²) in [5.74, 6) is 0.462. The van der Waals surface area contributed by atoms with E-state index in [1.165, 1.54) is 11.6 Å². The first-order valence-electron chi connectivity index (χ1n) is 12.4. The first-order chi connectivity index (χ1) is 17.8. The van der Waals surface area contributed by atoms with Crippen LogP contribution in [0.4, 0.5) is 16.0 Å². The molecule has 2 aromatic carbocycles. The van der Waals surface area contributed by atoms with Crippen LogP contribution < -0.4 is 15.8 Å². The van der Waals surface area contributed by atoms with E-state index >= 15 is 0 Å². The molecule has 1 saturated heterocycles. The number of fused-ring (bicyclic) bond motifs is 1. The number of aromatic nitrogens is 2. The van der Waals surface area contributed by atoms with Crippen molar-refractivity contribution < 1.29 is 13.9 Å². The molecule has 9 heteroatoms. The second kappa shape index (κ2) is 10.4. The largest absolute Gasteiger partial charge is 0.489 e. The van der Waals surface area contributed by atoms with Gasteiger partial charge in [-0.25, -0.2) is 14.4 Å². The molecule has 5 rings (SSSR count). The fraction of sp³-hybridized carbons (Fsp3) is 0.321. The van der Waals surface area contributed by atoms with Gasteiger partial charge in [0.05, 0.1) is 28.2 Å². The van der Waals surface area contributed by atoms with E-state index in [0.29, 0.717) is 27.6 Å². The molecule has 1 aliphatic heterocycles. The maximum Gasteiger partial charge on any atom is 0.259 e. The topological polar surface area (TPSA) is 93.4 Å². The number of nitrogens with zero attached hydrogens (tertiary/aromatic N) is 3. The van der Waals surface area contributed by atoms with E-state index in [9.17, 15) is 9.18 Å². The molecule has 0 radical (unpaired) electrons. The molecule has 4 aromatic rings. The summed E-state index contributed by atoms with van der Waals surface area (Å²) < 4.78 is 21.5. The van der Waals surface area contributed by atoms with E-state index in [1.807, 2.05) is 19.9 Å². The number of hydrogen-bond donors (Lipinski definition) is 2. The highest BCUT2D eigenvalue weighted by molar-refractivity contribution is 7.21. The van der Waals surface area contributed by atoms with Crippen molar-refractivity contribution in [2.75, 3.05) is 25.5 Å². The molecule has 3 N–H and O–H groups in total. The number of hydrogen-bond acceptors (Lipinski definition) is 7. The fourth-order valence-corrected chi connectivity index (χ4v) is 5.73. The molecule has 0 saturated carbocycles. The van der Waals surface area contributed by atoms with E-state index in [2.05, 4.69) is 39.4 Å². The predicted molar refractivity (Wildman–Crippen MR) is 146 cm³/mol. The molecule has 1 amide bonds. The lowest BCUT2D eigenvalue weighted by Crippen LogP contribution is -2.29. The Hall–Kier alpha value is -3.56. The number of amides is 1. The smallest absolute Gasteiger partial charge is 0.259 e. The molecule has 0 aliphatic carbocycles. The van der Waals surface area contributed by atoms with E-state index in [0.717, 1.165) is 48.7 Å². The number of anilines is 2. The van der Waals surface area contributed by atoms with Crippen molar-refractivity contribution in [1.82, 2.24) is 14.9 Å². The number of rotatable bonds is 7. The van der Waals surface area contributed by atoms with Crippen LogP contribution in [0.2, 0.25) is 0 Å². The highest BCUT2D eigenvalue weighted by Crippen LogP contribution is 2.40. The van der Waals surface area contributed by atoms with Crippen LogP contribution in [0.1, 0.15) is 47.8 Å². The van der Waals surface area contributed by atoms with Crippen molar-refractivity contribution in [1.29, 1.82) is 0 Å². The summed E-state index contributed by atoms with van der Waals surface area (Å²) in [6, 6.07) is 12.5. The zero-order valence-electron chi connectivity index (χ0n) is 21.1. The molecule has 192 valence electrons. The summed E-state index contributed by atoms with van der Waals surface area (Å²) in [6.07, 6.45) is 3.84. The number of thiophene rings is 1. The number of nitrogens with two attached hydrogens (primary N) is 1. The van der Waals surface area contributed by atoms with E-state index in [-0.39, 0.29) is 16.5 Å². The SMILES string of the molecule is CC(C)Oc1cc(C2CCN(C)CC2)ccc1Nc1ncc2sc(C(N)=O)c(-c3ccccc3F)c2n1. The average Bonchev–Trinajstić information content (AvgIpc) is 3.25. The number of carbonyl (C=O) groups excluding carboxylic acids is 1. The first kappa shape index (κ1) is 25.1. The van der Waals surface area contributed by atoms with Crippen LogP contribution in [-0.4, -0.2) is 47.0 Å². The van der Waals surface area contributed by atoms with Crippen molar-refractivity contribution >= 4 is 39.1 Å². The number of primary amides is 1. The Balaban J connectivity index is 1.53. The summed E-state index contributed by atoms with van der Waals surface area (Å²) in [7, 11) is 2.16. The quantitative estimate of drug-likeness (QED) is 0.314. The lowest BCUT2D eigenvalue weighted by atomic mass is 9.89. The van der Waals surface area contributed by atoms with Crippen molar-refractivity contribution in [3.63, 3.8) is 0 Å². The monoisotopic (exact) mass is 519 g/mol. The molecule has 1 aliphatic rings. The second-order valence-corrected chi connectivity index (χ2v) is 10.7. The Kier molecular flexibility index (Phi) is 7.08. The summed E-state index contributed by atoms with van der Waals surface area (Å²) in [5, 5.41) is 3.28. The van der Waals surface area contributed by atoms with Crippen LogP contribution in [-0.2, 0) is 0 Å². The number of ether oxygens (including phenoxy) is 1. The Bertz CT molecular complexity index is 1450. The molecule has 2 aromatic heterocycles. The molecule has 37 heavy (non-hydrogen) atoms. The second-order valence-electron chi connectivity index (χ2n) is 9.68. The lowest BCUT2D eigenvalue weighted by molar-refractivity contribution is 0.100. The van der Waals surface area contributed by atoms with Crippen molar-refractivity contribution in [3.8, 4) is 16.9 Å². The zero-order valence-corrected chi connectivity index (χ0v) is 21.9. The number of piperidine rings is 1. The molecular formula is C28H30FN5O2S. The third kappa shape index (κ3) is 5.28. The van der Waals surface area contributed by atoms with Gasteiger partial charge in [-0.15, -0.1) is 11.3 Å². The number of carbonyl (C=O) groups is 1. The minimum Gasteiger partial charge on any atom is -0.489 e. The minimum absolute atomic E-state index is 0.0145. The maximum absolute atomic E-state index is 14.7. The van der Waals surface area contributed by atoms with E-state index in [4.69, 9.17) is 10.5 Å². The van der Waals surface area contributed by atoms with E-state index in [1.54, 1.807) is 24.4 Å². The average molecular weight is 520 g/mol. The molecule has 0 atom stereocenters. The summed E-state index contributed by atoms with van der Waals surface area (Å²) >= 11 is 1.16. The molecular weight excluding hydrogens is 489 g/mol. The Morgan fingerprint density at radius 1 is 1.22 bits per heavy atom. The van der Waals surface area contributed by atoms with Crippen LogP contribution >= 0.6 is 11.3 Å². The van der Waals surface area contributed by atoms with Crippen LogP contribution in [0.25, 0.3) is 21.3 Å². The minimum atomic E-state index is -0.632. The number of halogens is 1. The van der Waals surface area contributed by atoms with E-state index < -0.39 is 11.7 Å². The van der Waals surface area contributed by atoms with Crippen molar-refractivity contribution in [3.05, 3.63) is 64.9 Å². The standard InChI is InChI=1S/C28H30FN5O2S/c1-16(2)36-22-14-18(17-10-12-34(3)13-11-17)8-9-21(22)32-28-31-15-23-25(33-28)24(26(37-23)27(30)35)19-6-4-5-7-20(19)29/h4-9,14-17H,10-13H2,1-3H3,(H2,30,35)(H,31,32,33). The number of nitrogens with one attached hydrogen (secondary N) is 1. The van der Waals surface area contributed by atoms with Gasteiger partial charge in [0.25, 0.3) is 5.91 Å². The van der Waals surface area contributed by atoms with Crippen LogP contribution in [0.5, 0.6) is 5.75 Å². The highest BCUT2D eigenvalue weighted by Gasteiger charge is 2.23.